The summed E-state index contributed by atoms with van der Waals surface area (Å²) >= 11 is 0. The van der Waals surface area contributed by atoms with Crippen LogP contribution in [0.4, 0.5) is 5.69 Å². The molecular formula is C9H14N4O. The van der Waals surface area contributed by atoms with E-state index >= 15 is 0 Å². The van der Waals surface area contributed by atoms with Crippen LogP contribution in [-0.4, -0.2) is 28.0 Å². The number of piperidine rings is 1. The first-order valence-electron chi connectivity index (χ1n) is 4.85. The van der Waals surface area contributed by atoms with Gasteiger partial charge in [-0.3, -0.25) is 5.41 Å². The van der Waals surface area contributed by atoms with Gasteiger partial charge in [-0.05, 0) is 19.3 Å². The molecule has 0 bridgehead atoms. The van der Waals surface area contributed by atoms with Gasteiger partial charge < -0.3 is 10.1 Å². The zero-order chi connectivity index (χ0) is 9.97. The van der Waals surface area contributed by atoms with Gasteiger partial charge in [-0.1, -0.05) is 0 Å². The lowest BCUT2D eigenvalue weighted by Crippen LogP contribution is -2.31. The lowest BCUT2D eigenvalue weighted by molar-refractivity contribution is 0.165. The molecule has 2 N–H and O–H groups in total. The maximum absolute atomic E-state index is 9.27. The van der Waals surface area contributed by atoms with Crippen LogP contribution in [0.3, 0.4) is 0 Å². The predicted molar refractivity (Wildman–Crippen MR) is 51.3 cm³/mol. The Hall–Kier alpha value is -1.52. The van der Waals surface area contributed by atoms with Crippen LogP contribution < -0.4 is 10.5 Å². The normalized spacial score (nSPS) is 17.0. The Balaban J connectivity index is 2.22. The fourth-order valence-electron chi connectivity index (χ4n) is 1.72. The third-order valence-corrected chi connectivity index (χ3v) is 2.51. The zero-order valence-corrected chi connectivity index (χ0v) is 7.98. The Morgan fingerprint density at radius 1 is 1.29 bits per heavy atom. The standard InChI is InChI=1S/C9H14N4O/c10-9-11-6-8(7-13(9)14)12-4-2-1-3-5-12/h6-7,10,14H,1-5H2. The van der Waals surface area contributed by atoms with Crippen molar-refractivity contribution in [3.8, 4) is 0 Å². The summed E-state index contributed by atoms with van der Waals surface area (Å²) < 4.78 is 0.754. The maximum atomic E-state index is 9.27. The Labute approximate surface area is 82.1 Å². The summed E-state index contributed by atoms with van der Waals surface area (Å²) in [7, 11) is 0. The van der Waals surface area contributed by atoms with Gasteiger partial charge >= 0.3 is 0 Å². The summed E-state index contributed by atoms with van der Waals surface area (Å²) in [4.78, 5) is 5.98. The highest BCUT2D eigenvalue weighted by Crippen LogP contribution is 2.16. The molecule has 0 amide bonds. The van der Waals surface area contributed by atoms with Crippen molar-refractivity contribution in [2.75, 3.05) is 18.0 Å². The average molecular weight is 194 g/mol. The predicted octanol–water partition coefficient (Wildman–Crippen LogP) is 0.590. The zero-order valence-electron chi connectivity index (χ0n) is 7.98. The van der Waals surface area contributed by atoms with Crippen LogP contribution in [0.5, 0.6) is 0 Å². The summed E-state index contributed by atoms with van der Waals surface area (Å²) in [5.74, 6) is 0. The van der Waals surface area contributed by atoms with Crippen molar-refractivity contribution in [3.63, 3.8) is 0 Å². The van der Waals surface area contributed by atoms with Crippen LogP contribution in [0, 0.1) is 5.41 Å². The van der Waals surface area contributed by atoms with Crippen molar-refractivity contribution < 1.29 is 5.21 Å². The van der Waals surface area contributed by atoms with E-state index in [4.69, 9.17) is 5.41 Å². The van der Waals surface area contributed by atoms with Crippen molar-refractivity contribution in [1.82, 2.24) is 9.71 Å². The number of rotatable bonds is 1. The number of nitrogens with zero attached hydrogens (tertiary/aromatic N) is 3. The van der Waals surface area contributed by atoms with E-state index in [1.54, 1.807) is 12.4 Å². The van der Waals surface area contributed by atoms with E-state index in [0.29, 0.717) is 0 Å². The van der Waals surface area contributed by atoms with Gasteiger partial charge in [0.05, 0.1) is 18.1 Å². The molecule has 0 spiro atoms. The molecule has 1 aliphatic rings. The molecule has 0 aromatic carbocycles. The van der Waals surface area contributed by atoms with Crippen LogP contribution >= 0.6 is 0 Å². The average Bonchev–Trinajstić information content (AvgIpc) is 2.23. The molecule has 0 radical (unpaired) electrons. The van der Waals surface area contributed by atoms with Crippen molar-refractivity contribution in [2.24, 2.45) is 0 Å². The molecule has 0 unspecified atom stereocenters. The van der Waals surface area contributed by atoms with Gasteiger partial charge in [0.1, 0.15) is 0 Å². The molecule has 0 aliphatic carbocycles. The Bertz CT molecular complexity index is 367. The Morgan fingerprint density at radius 2 is 2.00 bits per heavy atom. The highest BCUT2D eigenvalue weighted by molar-refractivity contribution is 5.41. The lowest BCUT2D eigenvalue weighted by atomic mass is 10.1. The summed E-state index contributed by atoms with van der Waals surface area (Å²) in [6.07, 6.45) is 6.84. The summed E-state index contributed by atoms with van der Waals surface area (Å²) in [6, 6.07) is 0. The number of hydrogen-bond donors (Lipinski definition) is 2. The smallest absolute Gasteiger partial charge is 0.255 e. The first-order valence-corrected chi connectivity index (χ1v) is 4.85. The van der Waals surface area contributed by atoms with Crippen molar-refractivity contribution >= 4 is 5.69 Å². The minimum absolute atomic E-state index is 0.134. The number of aromatic nitrogens is 2. The van der Waals surface area contributed by atoms with Crippen LogP contribution in [0.1, 0.15) is 19.3 Å². The molecule has 2 heterocycles. The van der Waals surface area contributed by atoms with Gasteiger partial charge in [-0.2, -0.15) is 4.73 Å². The summed E-state index contributed by atoms with van der Waals surface area (Å²) in [6.45, 7) is 2.03. The molecular weight excluding hydrogens is 180 g/mol. The lowest BCUT2D eigenvalue weighted by Gasteiger charge is -2.28. The Kier molecular flexibility index (Phi) is 2.39. The second-order valence-corrected chi connectivity index (χ2v) is 3.53. The molecule has 1 aromatic heterocycles. The molecule has 1 aliphatic heterocycles. The fraction of sp³-hybridized carbons (Fsp3) is 0.556. The van der Waals surface area contributed by atoms with Crippen LogP contribution in [0.25, 0.3) is 0 Å². The summed E-state index contributed by atoms with van der Waals surface area (Å²) in [5.41, 5.74) is 0.758. The second-order valence-electron chi connectivity index (χ2n) is 3.53. The SMILES string of the molecule is N=c1ncc(N2CCCCC2)cn1O. The quantitative estimate of drug-likeness (QED) is 0.643. The number of nitrogens with one attached hydrogen (secondary N) is 1. The van der Waals surface area contributed by atoms with E-state index in [1.165, 1.54) is 19.3 Å². The molecule has 0 saturated carbocycles. The minimum Gasteiger partial charge on any atom is -0.425 e. The minimum atomic E-state index is -0.134. The monoisotopic (exact) mass is 194 g/mol. The Morgan fingerprint density at radius 3 is 2.64 bits per heavy atom. The molecule has 1 aromatic rings. The van der Waals surface area contributed by atoms with E-state index in [2.05, 4.69) is 9.88 Å². The highest BCUT2D eigenvalue weighted by atomic mass is 16.5. The molecule has 5 nitrogen and oxygen atoms in total. The third kappa shape index (κ3) is 1.71. The van der Waals surface area contributed by atoms with E-state index in [-0.39, 0.29) is 5.62 Å². The molecule has 14 heavy (non-hydrogen) atoms. The van der Waals surface area contributed by atoms with E-state index in [9.17, 15) is 5.21 Å². The van der Waals surface area contributed by atoms with Crippen LogP contribution in [0.15, 0.2) is 12.4 Å². The second kappa shape index (κ2) is 3.69. The summed E-state index contributed by atoms with van der Waals surface area (Å²) in [5, 5.41) is 16.5. The van der Waals surface area contributed by atoms with Gasteiger partial charge in [-0.15, -0.1) is 0 Å². The molecule has 2 rings (SSSR count). The molecule has 5 heteroatoms. The first kappa shape index (κ1) is 9.05. The number of anilines is 1. The van der Waals surface area contributed by atoms with Gasteiger partial charge in [0.2, 0.25) is 0 Å². The molecule has 1 saturated heterocycles. The highest BCUT2D eigenvalue weighted by Gasteiger charge is 2.11. The van der Waals surface area contributed by atoms with Gasteiger partial charge in [-0.25, -0.2) is 4.98 Å². The molecule has 76 valence electrons. The van der Waals surface area contributed by atoms with Crippen molar-refractivity contribution in [2.45, 2.75) is 19.3 Å². The van der Waals surface area contributed by atoms with Gasteiger partial charge in [0, 0.05) is 13.1 Å². The fourth-order valence-corrected chi connectivity index (χ4v) is 1.72. The van der Waals surface area contributed by atoms with Gasteiger partial charge in [0.25, 0.3) is 5.62 Å². The van der Waals surface area contributed by atoms with E-state index in [0.717, 1.165) is 23.5 Å². The van der Waals surface area contributed by atoms with Crippen molar-refractivity contribution in [1.29, 1.82) is 5.41 Å². The van der Waals surface area contributed by atoms with Crippen LogP contribution in [-0.2, 0) is 0 Å². The largest absolute Gasteiger partial charge is 0.425 e. The topological polar surface area (TPSA) is 65.1 Å². The van der Waals surface area contributed by atoms with Crippen LogP contribution in [0.2, 0.25) is 0 Å². The third-order valence-electron chi connectivity index (χ3n) is 2.51. The van der Waals surface area contributed by atoms with E-state index in [1.807, 2.05) is 0 Å². The molecule has 1 fully saturated rings. The van der Waals surface area contributed by atoms with Gasteiger partial charge in [0.15, 0.2) is 0 Å². The number of hydrogen-bond acceptors (Lipinski definition) is 4. The van der Waals surface area contributed by atoms with E-state index < -0.39 is 0 Å². The maximum Gasteiger partial charge on any atom is 0.255 e. The molecule has 0 atom stereocenters. The van der Waals surface area contributed by atoms with Crippen molar-refractivity contribution in [3.05, 3.63) is 18.0 Å². The first-order chi connectivity index (χ1) is 6.77.